The zero-order chi connectivity index (χ0) is 14.7. The van der Waals surface area contributed by atoms with Crippen LogP contribution in [0.3, 0.4) is 0 Å². The van der Waals surface area contributed by atoms with E-state index in [1.54, 1.807) is 12.1 Å². The molecular formula is C17H18N2O2. The topological polar surface area (TPSA) is 55.2 Å². The number of rotatable bonds is 4. The van der Waals surface area contributed by atoms with Gasteiger partial charge in [-0.2, -0.15) is 0 Å². The summed E-state index contributed by atoms with van der Waals surface area (Å²) in [7, 11) is 0. The molecule has 0 aliphatic heterocycles. The molecule has 1 unspecified atom stereocenters. The van der Waals surface area contributed by atoms with Crippen LogP contribution in [0.1, 0.15) is 23.1 Å². The molecule has 1 aliphatic carbocycles. The van der Waals surface area contributed by atoms with E-state index in [4.69, 9.17) is 0 Å². The third kappa shape index (κ3) is 3.28. The molecule has 0 fully saturated rings. The van der Waals surface area contributed by atoms with Crippen molar-refractivity contribution in [2.45, 2.75) is 31.8 Å². The van der Waals surface area contributed by atoms with E-state index in [2.05, 4.69) is 17.4 Å². The van der Waals surface area contributed by atoms with Crippen molar-refractivity contribution in [3.63, 3.8) is 0 Å². The quantitative estimate of drug-likeness (QED) is 0.692. The van der Waals surface area contributed by atoms with Gasteiger partial charge in [-0.3, -0.25) is 10.1 Å². The molecule has 0 spiro atoms. The van der Waals surface area contributed by atoms with Crippen molar-refractivity contribution in [3.8, 4) is 0 Å². The molecule has 21 heavy (non-hydrogen) atoms. The SMILES string of the molecule is O=[N+]([O-])c1ccc2c(c1)CC(NCc1ccccc1)CC2. The molecule has 0 saturated carbocycles. The molecular weight excluding hydrogens is 264 g/mol. The predicted octanol–water partition coefficient (Wildman–Crippen LogP) is 3.24. The van der Waals surface area contributed by atoms with E-state index in [-0.39, 0.29) is 10.6 Å². The zero-order valence-electron chi connectivity index (χ0n) is 11.8. The van der Waals surface area contributed by atoms with E-state index in [9.17, 15) is 10.1 Å². The zero-order valence-corrected chi connectivity index (χ0v) is 11.8. The minimum Gasteiger partial charge on any atom is -0.310 e. The van der Waals surface area contributed by atoms with Gasteiger partial charge in [-0.05, 0) is 36.0 Å². The molecule has 1 aliphatic rings. The van der Waals surface area contributed by atoms with E-state index in [1.807, 2.05) is 24.3 Å². The molecule has 3 rings (SSSR count). The minimum absolute atomic E-state index is 0.192. The average molecular weight is 282 g/mol. The second-order valence-electron chi connectivity index (χ2n) is 5.52. The fraction of sp³-hybridized carbons (Fsp3) is 0.294. The van der Waals surface area contributed by atoms with Gasteiger partial charge in [0.05, 0.1) is 4.92 Å². The number of fused-ring (bicyclic) bond motifs is 1. The van der Waals surface area contributed by atoms with Gasteiger partial charge < -0.3 is 5.32 Å². The van der Waals surface area contributed by atoms with E-state index >= 15 is 0 Å². The highest BCUT2D eigenvalue weighted by Gasteiger charge is 2.20. The number of nitro benzene ring substituents is 1. The van der Waals surface area contributed by atoms with Crippen LogP contribution in [-0.2, 0) is 19.4 Å². The van der Waals surface area contributed by atoms with Crippen LogP contribution in [0.5, 0.6) is 0 Å². The molecule has 4 heteroatoms. The van der Waals surface area contributed by atoms with E-state index in [0.717, 1.165) is 31.4 Å². The Bertz CT molecular complexity index is 640. The smallest absolute Gasteiger partial charge is 0.269 e. The minimum atomic E-state index is -0.318. The normalized spacial score (nSPS) is 17.2. The first-order chi connectivity index (χ1) is 10.2. The molecule has 0 saturated heterocycles. The van der Waals surface area contributed by atoms with Crippen LogP contribution in [0.4, 0.5) is 5.69 Å². The Morgan fingerprint density at radius 1 is 1.14 bits per heavy atom. The molecule has 0 aromatic heterocycles. The first-order valence-corrected chi connectivity index (χ1v) is 7.26. The van der Waals surface area contributed by atoms with Crippen molar-refractivity contribution in [3.05, 3.63) is 75.3 Å². The summed E-state index contributed by atoms with van der Waals surface area (Å²) in [4.78, 5) is 10.6. The van der Waals surface area contributed by atoms with Gasteiger partial charge in [0, 0.05) is 24.7 Å². The van der Waals surface area contributed by atoms with Gasteiger partial charge in [-0.15, -0.1) is 0 Å². The fourth-order valence-electron chi connectivity index (χ4n) is 2.89. The lowest BCUT2D eigenvalue weighted by atomic mass is 9.88. The fourth-order valence-corrected chi connectivity index (χ4v) is 2.89. The van der Waals surface area contributed by atoms with Crippen LogP contribution >= 0.6 is 0 Å². The number of hydrogen-bond donors (Lipinski definition) is 1. The second-order valence-corrected chi connectivity index (χ2v) is 5.52. The monoisotopic (exact) mass is 282 g/mol. The molecule has 1 atom stereocenters. The largest absolute Gasteiger partial charge is 0.310 e. The summed E-state index contributed by atoms with van der Waals surface area (Å²) >= 11 is 0. The summed E-state index contributed by atoms with van der Waals surface area (Å²) in [6.45, 7) is 0.843. The van der Waals surface area contributed by atoms with Gasteiger partial charge in [-0.25, -0.2) is 0 Å². The van der Waals surface area contributed by atoms with Crippen LogP contribution in [0.25, 0.3) is 0 Å². The van der Waals surface area contributed by atoms with Crippen LogP contribution < -0.4 is 5.32 Å². The van der Waals surface area contributed by atoms with Crippen LogP contribution in [0.2, 0.25) is 0 Å². The standard InChI is InChI=1S/C17H18N2O2/c20-19(21)17-9-7-14-6-8-16(10-15(14)11-17)18-12-13-4-2-1-3-5-13/h1-5,7,9,11,16,18H,6,8,10,12H2. The number of non-ortho nitro benzene ring substituents is 1. The van der Waals surface area contributed by atoms with Gasteiger partial charge >= 0.3 is 0 Å². The summed E-state index contributed by atoms with van der Waals surface area (Å²) in [5.74, 6) is 0. The Balaban J connectivity index is 1.66. The Labute approximate surface area is 124 Å². The second kappa shape index (κ2) is 6.06. The van der Waals surface area contributed by atoms with Crippen LogP contribution in [0.15, 0.2) is 48.5 Å². The van der Waals surface area contributed by atoms with Gasteiger partial charge in [0.1, 0.15) is 0 Å². The summed E-state index contributed by atoms with van der Waals surface area (Å²) in [6, 6.07) is 15.9. The van der Waals surface area contributed by atoms with Crippen LogP contribution in [0, 0.1) is 10.1 Å². The first-order valence-electron chi connectivity index (χ1n) is 7.26. The number of nitrogens with zero attached hydrogens (tertiary/aromatic N) is 1. The molecule has 2 aromatic carbocycles. The molecule has 108 valence electrons. The number of hydrogen-bond acceptors (Lipinski definition) is 3. The Morgan fingerprint density at radius 3 is 2.71 bits per heavy atom. The van der Waals surface area contributed by atoms with Crippen molar-refractivity contribution in [1.29, 1.82) is 0 Å². The number of nitrogens with one attached hydrogen (secondary N) is 1. The van der Waals surface area contributed by atoms with E-state index in [1.165, 1.54) is 11.1 Å². The third-order valence-electron chi connectivity index (χ3n) is 4.07. The van der Waals surface area contributed by atoms with E-state index in [0.29, 0.717) is 6.04 Å². The maximum absolute atomic E-state index is 10.9. The molecule has 0 bridgehead atoms. The summed E-state index contributed by atoms with van der Waals surface area (Å²) in [5.41, 5.74) is 3.82. The van der Waals surface area contributed by atoms with Crippen molar-refractivity contribution >= 4 is 5.69 Å². The van der Waals surface area contributed by atoms with Crippen molar-refractivity contribution < 1.29 is 4.92 Å². The molecule has 2 aromatic rings. The lowest BCUT2D eigenvalue weighted by molar-refractivity contribution is -0.384. The number of benzene rings is 2. The average Bonchev–Trinajstić information content (AvgIpc) is 2.53. The number of aryl methyl sites for hydroxylation is 1. The molecule has 0 heterocycles. The lowest BCUT2D eigenvalue weighted by Crippen LogP contribution is -2.34. The lowest BCUT2D eigenvalue weighted by Gasteiger charge is -2.25. The summed E-state index contributed by atoms with van der Waals surface area (Å²) in [5, 5.41) is 14.4. The van der Waals surface area contributed by atoms with Crippen molar-refractivity contribution in [2.75, 3.05) is 0 Å². The highest BCUT2D eigenvalue weighted by atomic mass is 16.6. The van der Waals surface area contributed by atoms with Crippen molar-refractivity contribution in [1.82, 2.24) is 5.32 Å². The highest BCUT2D eigenvalue weighted by molar-refractivity contribution is 5.41. The van der Waals surface area contributed by atoms with E-state index < -0.39 is 0 Å². The predicted molar refractivity (Wildman–Crippen MR) is 82.2 cm³/mol. The van der Waals surface area contributed by atoms with Gasteiger partial charge in [-0.1, -0.05) is 36.4 Å². The van der Waals surface area contributed by atoms with Gasteiger partial charge in [0.2, 0.25) is 0 Å². The Kier molecular flexibility index (Phi) is 3.97. The highest BCUT2D eigenvalue weighted by Crippen LogP contribution is 2.25. The van der Waals surface area contributed by atoms with Gasteiger partial charge in [0.25, 0.3) is 5.69 Å². The Hall–Kier alpha value is -2.20. The molecule has 4 nitrogen and oxygen atoms in total. The van der Waals surface area contributed by atoms with Gasteiger partial charge in [0.15, 0.2) is 0 Å². The number of nitro groups is 1. The first kappa shape index (κ1) is 13.8. The summed E-state index contributed by atoms with van der Waals surface area (Å²) in [6.07, 6.45) is 2.93. The molecule has 0 amide bonds. The maximum Gasteiger partial charge on any atom is 0.269 e. The summed E-state index contributed by atoms with van der Waals surface area (Å²) < 4.78 is 0. The molecule has 1 N–H and O–H groups in total. The maximum atomic E-state index is 10.9. The van der Waals surface area contributed by atoms with Crippen molar-refractivity contribution in [2.24, 2.45) is 0 Å². The molecule has 0 radical (unpaired) electrons. The Morgan fingerprint density at radius 2 is 1.95 bits per heavy atom. The van der Waals surface area contributed by atoms with Crippen LogP contribution in [-0.4, -0.2) is 11.0 Å². The third-order valence-corrected chi connectivity index (χ3v) is 4.07.